The lowest BCUT2D eigenvalue weighted by molar-refractivity contribution is 0.187. The maximum absolute atomic E-state index is 13.2. The molecule has 2 aromatic carbocycles. The summed E-state index contributed by atoms with van der Waals surface area (Å²) in [5, 5.41) is 0. The Kier molecular flexibility index (Phi) is 4.20. The number of methoxy groups -OCH3 is 1. The van der Waals surface area contributed by atoms with Crippen LogP contribution in [0, 0.1) is 0 Å². The molecule has 26 heavy (non-hydrogen) atoms. The molecule has 138 valence electrons. The van der Waals surface area contributed by atoms with Gasteiger partial charge in [0.1, 0.15) is 10.5 Å². The molecule has 0 atom stereocenters. The Hall–Kier alpha value is -2.05. The van der Waals surface area contributed by atoms with Crippen LogP contribution in [0.3, 0.4) is 0 Å². The smallest absolute Gasteiger partial charge is 0.245 e. The van der Waals surface area contributed by atoms with Gasteiger partial charge in [0.2, 0.25) is 10.0 Å². The van der Waals surface area contributed by atoms with Crippen molar-refractivity contribution >= 4 is 15.7 Å². The van der Waals surface area contributed by atoms with Crippen molar-refractivity contribution in [1.29, 1.82) is 0 Å². The number of rotatable bonds is 3. The highest BCUT2D eigenvalue weighted by molar-refractivity contribution is 7.94. The van der Waals surface area contributed by atoms with Crippen LogP contribution in [0.25, 0.3) is 0 Å². The van der Waals surface area contributed by atoms with Gasteiger partial charge in [-0.2, -0.15) is 0 Å². The molecule has 2 aromatic rings. The minimum absolute atomic E-state index is 0.617. The van der Waals surface area contributed by atoms with Crippen molar-refractivity contribution in [1.82, 2.24) is 4.90 Å². The average molecular weight is 372 g/mol. The monoisotopic (exact) mass is 372 g/mol. The van der Waals surface area contributed by atoms with Crippen LogP contribution in [-0.4, -0.2) is 40.6 Å². The van der Waals surface area contributed by atoms with Gasteiger partial charge in [-0.05, 0) is 30.5 Å². The standard InChI is InChI=1S/C20H24N2O3S/c1-21-18-9-5-4-8-17(18)20(26(21,23)24)11-13-22(14-12-20)15-16-7-3-6-10-19(16)25-2/h3-10H,11-15H2,1-2H3. The van der Waals surface area contributed by atoms with Crippen LogP contribution in [0.15, 0.2) is 48.5 Å². The summed E-state index contributed by atoms with van der Waals surface area (Å²) in [6, 6.07) is 15.7. The highest BCUT2D eigenvalue weighted by Gasteiger charge is 2.55. The number of fused-ring (bicyclic) bond motifs is 2. The molecule has 1 spiro atoms. The molecule has 0 radical (unpaired) electrons. The number of ether oxygens (including phenoxy) is 1. The second-order valence-corrected chi connectivity index (χ2v) is 9.35. The Morgan fingerprint density at radius 3 is 2.42 bits per heavy atom. The molecule has 2 aliphatic heterocycles. The number of para-hydroxylation sites is 2. The summed E-state index contributed by atoms with van der Waals surface area (Å²) in [6.45, 7) is 2.27. The van der Waals surface area contributed by atoms with Gasteiger partial charge in [-0.3, -0.25) is 9.21 Å². The van der Waals surface area contributed by atoms with Crippen LogP contribution in [0.4, 0.5) is 5.69 Å². The SMILES string of the molecule is COc1ccccc1CN1CCC2(CC1)c1ccccc1N(C)S2(=O)=O. The number of sulfonamides is 1. The van der Waals surface area contributed by atoms with Crippen LogP contribution >= 0.6 is 0 Å². The summed E-state index contributed by atoms with van der Waals surface area (Å²) in [5.74, 6) is 0.881. The second-order valence-electron chi connectivity index (χ2n) is 7.07. The molecular weight excluding hydrogens is 348 g/mol. The van der Waals surface area contributed by atoms with E-state index in [1.807, 2.05) is 42.5 Å². The van der Waals surface area contributed by atoms with Gasteiger partial charge in [0.25, 0.3) is 0 Å². The summed E-state index contributed by atoms with van der Waals surface area (Å²) in [4.78, 5) is 2.32. The van der Waals surface area contributed by atoms with Crippen molar-refractivity contribution in [2.24, 2.45) is 0 Å². The van der Waals surface area contributed by atoms with Crippen LogP contribution in [0.2, 0.25) is 0 Å². The zero-order valence-electron chi connectivity index (χ0n) is 15.2. The van der Waals surface area contributed by atoms with E-state index < -0.39 is 14.8 Å². The van der Waals surface area contributed by atoms with Crippen LogP contribution in [0.5, 0.6) is 5.75 Å². The average Bonchev–Trinajstić information content (AvgIpc) is 2.83. The summed E-state index contributed by atoms with van der Waals surface area (Å²) < 4.78 is 32.5. The molecule has 0 N–H and O–H groups in total. The Bertz CT molecular complexity index is 918. The Morgan fingerprint density at radius 1 is 1.04 bits per heavy atom. The van der Waals surface area contributed by atoms with Gasteiger partial charge in [-0.25, -0.2) is 8.42 Å². The molecule has 1 fully saturated rings. The first-order chi connectivity index (χ1) is 12.5. The van der Waals surface area contributed by atoms with Crippen molar-refractivity contribution < 1.29 is 13.2 Å². The van der Waals surface area contributed by atoms with Crippen molar-refractivity contribution in [3.63, 3.8) is 0 Å². The van der Waals surface area contributed by atoms with Gasteiger partial charge in [0.15, 0.2) is 0 Å². The number of likely N-dealkylation sites (tertiary alicyclic amines) is 1. The van der Waals surface area contributed by atoms with Crippen LogP contribution in [0.1, 0.15) is 24.0 Å². The van der Waals surface area contributed by atoms with E-state index in [-0.39, 0.29) is 0 Å². The fourth-order valence-electron chi connectivity index (χ4n) is 4.34. The minimum Gasteiger partial charge on any atom is -0.496 e. The van der Waals surface area contributed by atoms with Crippen molar-refractivity contribution in [3.05, 3.63) is 59.7 Å². The molecule has 0 aromatic heterocycles. The van der Waals surface area contributed by atoms with Crippen molar-refractivity contribution in [2.45, 2.75) is 24.1 Å². The van der Waals surface area contributed by atoms with Crippen molar-refractivity contribution in [2.75, 3.05) is 31.6 Å². The second kappa shape index (κ2) is 6.28. The largest absolute Gasteiger partial charge is 0.496 e. The zero-order valence-corrected chi connectivity index (χ0v) is 16.0. The maximum atomic E-state index is 13.2. The summed E-state index contributed by atoms with van der Waals surface area (Å²) in [6.07, 6.45) is 1.23. The topological polar surface area (TPSA) is 49.9 Å². The first kappa shape index (κ1) is 17.4. The van der Waals surface area contributed by atoms with Crippen molar-refractivity contribution in [3.8, 4) is 5.75 Å². The quantitative estimate of drug-likeness (QED) is 0.831. The molecule has 2 aliphatic rings. The number of hydrogen-bond donors (Lipinski definition) is 0. The predicted octanol–water partition coefficient (Wildman–Crippen LogP) is 2.97. The van der Waals surface area contributed by atoms with Gasteiger partial charge in [0.05, 0.1) is 12.8 Å². The number of anilines is 1. The van der Waals surface area contributed by atoms with Gasteiger partial charge in [0, 0.05) is 32.2 Å². The molecule has 0 bridgehead atoms. The molecule has 0 unspecified atom stereocenters. The highest BCUT2D eigenvalue weighted by Crippen LogP contribution is 2.51. The molecule has 2 heterocycles. The van der Waals surface area contributed by atoms with E-state index in [0.29, 0.717) is 12.8 Å². The van der Waals surface area contributed by atoms with Crippen LogP contribution < -0.4 is 9.04 Å². The van der Waals surface area contributed by atoms with E-state index in [1.165, 1.54) is 4.31 Å². The maximum Gasteiger partial charge on any atom is 0.245 e. The normalized spacial score (nSPS) is 20.9. The first-order valence-corrected chi connectivity index (χ1v) is 10.4. The molecule has 0 aliphatic carbocycles. The Balaban J connectivity index is 1.58. The molecule has 4 rings (SSSR count). The molecular formula is C20H24N2O3S. The van der Waals surface area contributed by atoms with Crippen LogP contribution in [-0.2, 0) is 21.3 Å². The summed E-state index contributed by atoms with van der Waals surface area (Å²) in [5.41, 5.74) is 2.92. The van der Waals surface area contributed by atoms with E-state index in [0.717, 1.165) is 42.2 Å². The van der Waals surface area contributed by atoms with Gasteiger partial charge in [-0.1, -0.05) is 36.4 Å². The fourth-order valence-corrected chi connectivity index (χ4v) is 6.43. The molecule has 6 heteroatoms. The Labute approximate surface area is 155 Å². The van der Waals surface area contributed by atoms with E-state index in [9.17, 15) is 8.42 Å². The van der Waals surface area contributed by atoms with E-state index in [2.05, 4.69) is 11.0 Å². The fraction of sp³-hybridized carbons (Fsp3) is 0.400. The van der Waals surface area contributed by atoms with E-state index in [1.54, 1.807) is 14.2 Å². The first-order valence-electron chi connectivity index (χ1n) is 8.92. The number of hydrogen-bond acceptors (Lipinski definition) is 4. The van der Waals surface area contributed by atoms with E-state index in [4.69, 9.17) is 4.74 Å². The summed E-state index contributed by atoms with van der Waals surface area (Å²) in [7, 11) is -0.0214. The Morgan fingerprint density at radius 2 is 1.69 bits per heavy atom. The zero-order chi connectivity index (χ0) is 18.4. The highest BCUT2D eigenvalue weighted by atomic mass is 32.2. The van der Waals surface area contributed by atoms with Gasteiger partial charge in [-0.15, -0.1) is 0 Å². The third kappa shape index (κ3) is 2.43. The molecule has 0 saturated carbocycles. The lowest BCUT2D eigenvalue weighted by Crippen LogP contribution is -2.47. The van der Waals surface area contributed by atoms with Gasteiger partial charge >= 0.3 is 0 Å². The number of piperidine rings is 1. The van der Waals surface area contributed by atoms with E-state index >= 15 is 0 Å². The predicted molar refractivity (Wildman–Crippen MR) is 103 cm³/mol. The third-order valence-electron chi connectivity index (χ3n) is 5.84. The lowest BCUT2D eigenvalue weighted by atomic mass is 9.87. The summed E-state index contributed by atoms with van der Waals surface area (Å²) >= 11 is 0. The lowest BCUT2D eigenvalue weighted by Gasteiger charge is -2.38. The number of benzene rings is 2. The minimum atomic E-state index is -3.37. The molecule has 1 saturated heterocycles. The third-order valence-corrected chi connectivity index (χ3v) is 8.37. The number of nitrogens with zero attached hydrogens (tertiary/aromatic N) is 2. The molecule has 5 nitrogen and oxygen atoms in total. The molecule has 0 amide bonds. The van der Waals surface area contributed by atoms with Gasteiger partial charge < -0.3 is 4.74 Å².